The van der Waals surface area contributed by atoms with Crippen LogP contribution < -0.4 is 0 Å². The van der Waals surface area contributed by atoms with Gasteiger partial charge in [-0.25, -0.2) is 4.39 Å². The molecule has 128 valence electrons. The van der Waals surface area contributed by atoms with Gasteiger partial charge < -0.3 is 4.90 Å². The number of aryl methyl sites for hydroxylation is 2. The minimum absolute atomic E-state index is 0.0133. The van der Waals surface area contributed by atoms with Gasteiger partial charge in [-0.05, 0) is 61.9 Å². The number of halogens is 1. The highest BCUT2D eigenvalue weighted by molar-refractivity contribution is 5.78. The number of fused-ring (bicyclic) bond motifs is 1. The van der Waals surface area contributed by atoms with Crippen molar-refractivity contribution in [3.63, 3.8) is 0 Å². The van der Waals surface area contributed by atoms with Gasteiger partial charge in [0.1, 0.15) is 5.82 Å². The van der Waals surface area contributed by atoms with Crippen LogP contribution in [0.25, 0.3) is 0 Å². The quantitative estimate of drug-likeness (QED) is 0.931. The Morgan fingerprint density at radius 2 is 2.21 bits per heavy atom. The van der Waals surface area contributed by atoms with Crippen LogP contribution in [0.4, 0.5) is 4.39 Å². The summed E-state index contributed by atoms with van der Waals surface area (Å²) >= 11 is 0. The van der Waals surface area contributed by atoms with Crippen molar-refractivity contribution < 1.29 is 9.18 Å². The minimum Gasteiger partial charge on any atom is -0.336 e. The molecule has 0 saturated carbocycles. The molecule has 1 N–H and O–H groups in total. The molecule has 0 fully saturated rings. The first-order chi connectivity index (χ1) is 11.4. The Bertz CT molecular complexity index is 748. The van der Waals surface area contributed by atoms with Crippen molar-refractivity contribution in [2.24, 2.45) is 0 Å². The Morgan fingerprint density at radius 1 is 1.46 bits per heavy atom. The maximum atomic E-state index is 13.4. The topological polar surface area (TPSA) is 49.0 Å². The molecule has 0 bridgehead atoms. The summed E-state index contributed by atoms with van der Waals surface area (Å²) in [5.41, 5.74) is 5.19. The molecule has 1 aromatic carbocycles. The Morgan fingerprint density at radius 3 is 2.88 bits per heavy atom. The van der Waals surface area contributed by atoms with E-state index in [0.29, 0.717) is 19.4 Å². The summed E-state index contributed by atoms with van der Waals surface area (Å²) < 4.78 is 13.4. The summed E-state index contributed by atoms with van der Waals surface area (Å²) in [6, 6.07) is 4.86. The minimum atomic E-state index is -0.208. The number of nitrogens with zero attached hydrogens (tertiary/aromatic N) is 2. The van der Waals surface area contributed by atoms with Gasteiger partial charge in [0.15, 0.2) is 0 Å². The maximum Gasteiger partial charge on any atom is 0.223 e. The van der Waals surface area contributed by atoms with Crippen LogP contribution in [0.15, 0.2) is 18.2 Å². The Labute approximate surface area is 142 Å². The summed E-state index contributed by atoms with van der Waals surface area (Å²) in [6.07, 6.45) is 1.17. The molecule has 0 radical (unpaired) electrons. The van der Waals surface area contributed by atoms with Gasteiger partial charge in [0.05, 0.1) is 11.7 Å². The van der Waals surface area contributed by atoms with Crippen molar-refractivity contribution in [1.82, 2.24) is 15.1 Å². The Balaban J connectivity index is 1.75. The number of carbonyl (C=O) groups excluding carboxylic acids is 1. The summed E-state index contributed by atoms with van der Waals surface area (Å²) in [7, 11) is 0. The number of carbonyl (C=O) groups is 1. The second-order valence-corrected chi connectivity index (χ2v) is 6.81. The number of hydrogen-bond acceptors (Lipinski definition) is 2. The van der Waals surface area contributed by atoms with Gasteiger partial charge in [0.2, 0.25) is 5.91 Å². The molecule has 1 aromatic heterocycles. The van der Waals surface area contributed by atoms with Crippen molar-refractivity contribution in [2.45, 2.75) is 52.5 Å². The molecule has 3 rings (SSSR count). The SMILES string of the molecule is Cc1n[nH]c(C)c1[C@@H](C)CC(=O)N1CCc2cc(F)ccc2[C@H]1C. The summed E-state index contributed by atoms with van der Waals surface area (Å²) in [5, 5.41) is 7.21. The van der Waals surface area contributed by atoms with Gasteiger partial charge in [-0.1, -0.05) is 13.0 Å². The van der Waals surface area contributed by atoms with Gasteiger partial charge in [-0.3, -0.25) is 9.89 Å². The number of aromatic nitrogens is 2. The van der Waals surface area contributed by atoms with Crippen molar-refractivity contribution in [3.05, 3.63) is 52.1 Å². The fraction of sp³-hybridized carbons (Fsp3) is 0.474. The van der Waals surface area contributed by atoms with E-state index in [9.17, 15) is 9.18 Å². The molecule has 4 nitrogen and oxygen atoms in total. The molecule has 1 amide bonds. The van der Waals surface area contributed by atoms with E-state index >= 15 is 0 Å². The van der Waals surface area contributed by atoms with Gasteiger partial charge in [0.25, 0.3) is 0 Å². The molecular weight excluding hydrogens is 305 g/mol. The normalized spacial score (nSPS) is 18.4. The van der Waals surface area contributed by atoms with Crippen LogP contribution in [-0.2, 0) is 11.2 Å². The van der Waals surface area contributed by atoms with Crippen molar-refractivity contribution in [3.8, 4) is 0 Å². The van der Waals surface area contributed by atoms with E-state index in [1.165, 1.54) is 6.07 Å². The number of aromatic amines is 1. The second-order valence-electron chi connectivity index (χ2n) is 6.81. The Hall–Kier alpha value is -2.17. The number of rotatable bonds is 3. The van der Waals surface area contributed by atoms with Crippen molar-refractivity contribution in [2.75, 3.05) is 6.54 Å². The van der Waals surface area contributed by atoms with E-state index in [2.05, 4.69) is 17.1 Å². The van der Waals surface area contributed by atoms with Gasteiger partial charge in [-0.15, -0.1) is 0 Å². The highest BCUT2D eigenvalue weighted by atomic mass is 19.1. The predicted octanol–water partition coefficient (Wildman–Crippen LogP) is 3.81. The monoisotopic (exact) mass is 329 g/mol. The van der Waals surface area contributed by atoms with E-state index in [1.54, 1.807) is 6.07 Å². The summed E-state index contributed by atoms with van der Waals surface area (Å²) in [4.78, 5) is 14.8. The zero-order chi connectivity index (χ0) is 17.4. The van der Waals surface area contributed by atoms with E-state index in [1.807, 2.05) is 31.7 Å². The molecular formula is C19H24FN3O. The summed E-state index contributed by atoms with van der Waals surface area (Å²) in [5.74, 6) is 0.0586. The average Bonchev–Trinajstić information content (AvgIpc) is 2.86. The van der Waals surface area contributed by atoms with Crippen LogP contribution in [-0.4, -0.2) is 27.5 Å². The first-order valence-electron chi connectivity index (χ1n) is 8.47. The lowest BCUT2D eigenvalue weighted by molar-refractivity contribution is -0.134. The molecule has 0 saturated heterocycles. The second kappa shape index (κ2) is 6.38. The molecule has 1 aliphatic heterocycles. The van der Waals surface area contributed by atoms with Crippen molar-refractivity contribution >= 4 is 5.91 Å². The highest BCUT2D eigenvalue weighted by Crippen LogP contribution is 2.32. The number of amides is 1. The number of benzene rings is 1. The smallest absolute Gasteiger partial charge is 0.223 e. The van der Waals surface area contributed by atoms with Crippen LogP contribution >= 0.6 is 0 Å². The third-order valence-electron chi connectivity index (χ3n) is 5.12. The van der Waals surface area contributed by atoms with E-state index in [4.69, 9.17) is 0 Å². The van der Waals surface area contributed by atoms with Crippen LogP contribution in [0.2, 0.25) is 0 Å². The zero-order valence-electron chi connectivity index (χ0n) is 14.7. The van der Waals surface area contributed by atoms with Crippen LogP contribution in [0, 0.1) is 19.7 Å². The molecule has 0 unspecified atom stereocenters. The molecule has 2 aromatic rings. The fourth-order valence-electron chi connectivity index (χ4n) is 3.91. The van der Waals surface area contributed by atoms with Crippen LogP contribution in [0.5, 0.6) is 0 Å². The molecule has 24 heavy (non-hydrogen) atoms. The number of H-pyrrole nitrogens is 1. The molecule has 2 heterocycles. The molecule has 1 aliphatic rings. The van der Waals surface area contributed by atoms with Crippen LogP contribution in [0.1, 0.15) is 60.3 Å². The Kier molecular flexibility index (Phi) is 4.43. The van der Waals surface area contributed by atoms with E-state index in [-0.39, 0.29) is 23.7 Å². The first kappa shape index (κ1) is 16.7. The van der Waals surface area contributed by atoms with Gasteiger partial charge in [0, 0.05) is 18.7 Å². The predicted molar refractivity (Wildman–Crippen MR) is 91.3 cm³/mol. The lowest BCUT2D eigenvalue weighted by atomic mass is 9.91. The molecule has 5 heteroatoms. The van der Waals surface area contributed by atoms with Gasteiger partial charge in [-0.2, -0.15) is 5.10 Å². The molecule has 0 spiro atoms. The van der Waals surface area contributed by atoms with Crippen LogP contribution in [0.3, 0.4) is 0 Å². The lowest BCUT2D eigenvalue weighted by Crippen LogP contribution is -2.39. The largest absolute Gasteiger partial charge is 0.336 e. The van der Waals surface area contributed by atoms with Gasteiger partial charge >= 0.3 is 0 Å². The lowest BCUT2D eigenvalue weighted by Gasteiger charge is -2.36. The number of nitrogens with one attached hydrogen (secondary N) is 1. The molecule has 2 atom stereocenters. The number of hydrogen-bond donors (Lipinski definition) is 1. The fourth-order valence-corrected chi connectivity index (χ4v) is 3.91. The molecule has 0 aliphatic carbocycles. The van der Waals surface area contributed by atoms with E-state index in [0.717, 1.165) is 28.1 Å². The maximum absolute atomic E-state index is 13.4. The standard InChI is InChI=1S/C19H24FN3O/c1-11(19-12(2)21-22-13(19)3)9-18(24)23-8-7-15-10-16(20)5-6-17(15)14(23)4/h5-6,10-11,14H,7-9H2,1-4H3,(H,21,22)/t11-,14+/m0/s1. The average molecular weight is 329 g/mol. The zero-order valence-corrected chi connectivity index (χ0v) is 14.7. The third kappa shape index (κ3) is 2.95. The first-order valence-corrected chi connectivity index (χ1v) is 8.47. The highest BCUT2D eigenvalue weighted by Gasteiger charge is 2.29. The third-order valence-corrected chi connectivity index (χ3v) is 5.12. The summed E-state index contributed by atoms with van der Waals surface area (Å²) in [6.45, 7) is 8.69. The van der Waals surface area contributed by atoms with Crippen molar-refractivity contribution in [1.29, 1.82) is 0 Å². The van der Waals surface area contributed by atoms with E-state index < -0.39 is 0 Å².